The summed E-state index contributed by atoms with van der Waals surface area (Å²) >= 11 is 0. The molecule has 0 aliphatic carbocycles. The Kier molecular flexibility index (Phi) is 4.25. The van der Waals surface area contributed by atoms with E-state index in [1.165, 1.54) is 6.92 Å². The van der Waals surface area contributed by atoms with Crippen molar-refractivity contribution in [2.24, 2.45) is 0 Å². The number of hydrogen-bond donors (Lipinski definition) is 1. The number of halogens is 1. The number of phenols is 1. The molecule has 1 N–H and O–H groups in total. The molecule has 0 aliphatic rings. The molecule has 0 spiro atoms. The summed E-state index contributed by atoms with van der Waals surface area (Å²) in [6, 6.07) is 1.64. The van der Waals surface area contributed by atoms with Crippen LogP contribution in [0.25, 0.3) is 0 Å². The minimum atomic E-state index is -4.09. The van der Waals surface area contributed by atoms with E-state index in [1.54, 1.807) is 0 Å². The standard InChI is InChI=1S/C11H11FO6S/c1-3-18-11(15)9(14)6-4-5-7(13)10(8(6)12)19(2,16)17/h4-5,13H,3H2,1-2H3. The fourth-order valence-electron chi connectivity index (χ4n) is 1.38. The number of carbonyl (C=O) groups excluding carboxylic acids is 2. The summed E-state index contributed by atoms with van der Waals surface area (Å²) in [5.41, 5.74) is -0.767. The van der Waals surface area contributed by atoms with Crippen LogP contribution in [0.3, 0.4) is 0 Å². The fraction of sp³-hybridized carbons (Fsp3) is 0.273. The van der Waals surface area contributed by atoms with Crippen molar-refractivity contribution in [3.8, 4) is 5.75 Å². The molecule has 0 saturated heterocycles. The molecule has 0 aromatic heterocycles. The van der Waals surface area contributed by atoms with E-state index in [1.807, 2.05) is 0 Å². The highest BCUT2D eigenvalue weighted by Gasteiger charge is 2.28. The lowest BCUT2D eigenvalue weighted by atomic mass is 10.1. The second-order valence-corrected chi connectivity index (χ2v) is 5.55. The van der Waals surface area contributed by atoms with Gasteiger partial charge in [0.1, 0.15) is 10.6 Å². The van der Waals surface area contributed by atoms with Crippen molar-refractivity contribution < 1.29 is 32.2 Å². The Bertz CT molecular complexity index is 635. The van der Waals surface area contributed by atoms with Crippen LogP contribution in [-0.2, 0) is 19.4 Å². The summed E-state index contributed by atoms with van der Waals surface area (Å²) < 4.78 is 40.9. The molecule has 0 unspecified atom stereocenters. The van der Waals surface area contributed by atoms with Gasteiger partial charge >= 0.3 is 5.97 Å². The maximum Gasteiger partial charge on any atom is 0.379 e. The number of aromatic hydroxyl groups is 1. The van der Waals surface area contributed by atoms with Crippen LogP contribution in [-0.4, -0.2) is 38.1 Å². The van der Waals surface area contributed by atoms with Gasteiger partial charge in [-0.15, -0.1) is 0 Å². The SMILES string of the molecule is CCOC(=O)C(=O)c1ccc(O)c(S(C)(=O)=O)c1F. The molecule has 0 aliphatic heterocycles. The lowest BCUT2D eigenvalue weighted by Gasteiger charge is -2.07. The first kappa shape index (κ1) is 15.1. The third-order valence-corrected chi connectivity index (χ3v) is 3.28. The zero-order valence-electron chi connectivity index (χ0n) is 10.1. The van der Waals surface area contributed by atoms with E-state index in [-0.39, 0.29) is 6.61 Å². The van der Waals surface area contributed by atoms with Crippen LogP contribution in [0.4, 0.5) is 4.39 Å². The molecule has 0 fully saturated rings. The van der Waals surface area contributed by atoms with E-state index >= 15 is 0 Å². The first-order valence-electron chi connectivity index (χ1n) is 5.13. The van der Waals surface area contributed by atoms with Gasteiger partial charge in [0.25, 0.3) is 5.78 Å². The summed E-state index contributed by atoms with van der Waals surface area (Å²) in [5, 5.41) is 9.33. The van der Waals surface area contributed by atoms with Gasteiger partial charge in [0.15, 0.2) is 15.7 Å². The Labute approximate surface area is 108 Å². The highest BCUT2D eigenvalue weighted by molar-refractivity contribution is 7.90. The summed E-state index contributed by atoms with van der Waals surface area (Å²) in [7, 11) is -4.09. The summed E-state index contributed by atoms with van der Waals surface area (Å²) in [5.74, 6) is -4.92. The van der Waals surface area contributed by atoms with Gasteiger partial charge in [0.2, 0.25) is 0 Å². The van der Waals surface area contributed by atoms with Gasteiger partial charge in [-0.25, -0.2) is 17.6 Å². The number of ketones is 1. The zero-order valence-corrected chi connectivity index (χ0v) is 11.0. The second-order valence-electron chi connectivity index (χ2n) is 3.60. The maximum atomic E-state index is 13.9. The Morgan fingerprint density at radius 3 is 2.42 bits per heavy atom. The number of hydrogen-bond acceptors (Lipinski definition) is 6. The summed E-state index contributed by atoms with van der Waals surface area (Å²) in [4.78, 5) is 21.7. The van der Waals surface area contributed by atoms with E-state index in [9.17, 15) is 27.5 Å². The molecule has 8 heteroatoms. The lowest BCUT2D eigenvalue weighted by Crippen LogP contribution is -2.20. The number of Topliss-reactive ketones (excluding diaryl/α,β-unsaturated/α-hetero) is 1. The lowest BCUT2D eigenvalue weighted by molar-refractivity contribution is -0.137. The predicted octanol–water partition coefficient (Wildman–Crippen LogP) is 0.681. The second kappa shape index (κ2) is 5.35. The molecular formula is C11H11FO6S. The first-order valence-corrected chi connectivity index (χ1v) is 7.02. The molecule has 19 heavy (non-hydrogen) atoms. The van der Waals surface area contributed by atoms with Crippen molar-refractivity contribution in [1.29, 1.82) is 0 Å². The van der Waals surface area contributed by atoms with Crippen molar-refractivity contribution in [2.45, 2.75) is 11.8 Å². The number of phenolic OH excluding ortho intramolecular Hbond substituents is 1. The number of carbonyl (C=O) groups is 2. The van der Waals surface area contributed by atoms with Gasteiger partial charge in [-0.05, 0) is 19.1 Å². The van der Waals surface area contributed by atoms with Gasteiger partial charge in [-0.1, -0.05) is 0 Å². The average molecular weight is 290 g/mol. The van der Waals surface area contributed by atoms with Gasteiger partial charge in [-0.3, -0.25) is 4.79 Å². The molecule has 0 radical (unpaired) electrons. The summed E-state index contributed by atoms with van der Waals surface area (Å²) in [6.07, 6.45) is 0.670. The van der Waals surface area contributed by atoms with Crippen LogP contribution >= 0.6 is 0 Å². The van der Waals surface area contributed by atoms with Crippen molar-refractivity contribution in [3.05, 3.63) is 23.5 Å². The highest BCUT2D eigenvalue weighted by Crippen LogP contribution is 2.28. The fourth-order valence-corrected chi connectivity index (χ4v) is 2.26. The van der Waals surface area contributed by atoms with Crippen molar-refractivity contribution in [1.82, 2.24) is 0 Å². The molecular weight excluding hydrogens is 279 g/mol. The monoisotopic (exact) mass is 290 g/mol. The quantitative estimate of drug-likeness (QED) is 0.497. The average Bonchev–Trinajstić information content (AvgIpc) is 2.26. The number of benzene rings is 1. The Balaban J connectivity index is 3.41. The smallest absolute Gasteiger partial charge is 0.379 e. The molecule has 0 amide bonds. The van der Waals surface area contributed by atoms with E-state index in [0.29, 0.717) is 6.26 Å². The van der Waals surface area contributed by atoms with Crippen LogP contribution < -0.4 is 0 Å². The molecule has 1 rings (SSSR count). The van der Waals surface area contributed by atoms with Crippen molar-refractivity contribution in [2.75, 3.05) is 12.9 Å². The van der Waals surface area contributed by atoms with Gasteiger partial charge in [-0.2, -0.15) is 0 Å². The molecule has 0 heterocycles. The van der Waals surface area contributed by atoms with Gasteiger partial charge < -0.3 is 9.84 Å². The third kappa shape index (κ3) is 3.08. The first-order chi connectivity index (χ1) is 8.70. The van der Waals surface area contributed by atoms with E-state index in [0.717, 1.165) is 12.1 Å². The number of rotatable bonds is 4. The van der Waals surface area contributed by atoms with Crippen molar-refractivity contribution in [3.63, 3.8) is 0 Å². The molecule has 104 valence electrons. The molecule has 0 saturated carbocycles. The predicted molar refractivity (Wildman–Crippen MR) is 62.1 cm³/mol. The summed E-state index contributed by atoms with van der Waals surface area (Å²) in [6.45, 7) is 1.38. The number of esters is 1. The third-order valence-electron chi connectivity index (χ3n) is 2.15. The van der Waals surface area contributed by atoms with E-state index in [2.05, 4.69) is 4.74 Å². The van der Waals surface area contributed by atoms with E-state index < -0.39 is 43.6 Å². The Hall–Kier alpha value is -1.96. The van der Waals surface area contributed by atoms with Crippen molar-refractivity contribution >= 4 is 21.6 Å². The Morgan fingerprint density at radius 1 is 1.37 bits per heavy atom. The Morgan fingerprint density at radius 2 is 1.95 bits per heavy atom. The minimum Gasteiger partial charge on any atom is -0.506 e. The molecule has 0 atom stereocenters. The molecule has 1 aromatic rings. The largest absolute Gasteiger partial charge is 0.506 e. The number of ether oxygens (including phenoxy) is 1. The van der Waals surface area contributed by atoms with Crippen LogP contribution in [0.2, 0.25) is 0 Å². The normalized spacial score (nSPS) is 11.1. The molecule has 6 nitrogen and oxygen atoms in total. The van der Waals surface area contributed by atoms with E-state index in [4.69, 9.17) is 0 Å². The van der Waals surface area contributed by atoms with Gasteiger partial charge in [0, 0.05) is 6.26 Å². The van der Waals surface area contributed by atoms with Crippen LogP contribution in [0.5, 0.6) is 5.75 Å². The van der Waals surface area contributed by atoms with Crippen LogP contribution in [0.1, 0.15) is 17.3 Å². The molecule has 0 bridgehead atoms. The van der Waals surface area contributed by atoms with Gasteiger partial charge in [0.05, 0.1) is 12.2 Å². The van der Waals surface area contributed by atoms with Crippen LogP contribution in [0, 0.1) is 5.82 Å². The number of sulfone groups is 1. The van der Waals surface area contributed by atoms with Crippen LogP contribution in [0.15, 0.2) is 17.0 Å². The molecule has 1 aromatic carbocycles. The highest BCUT2D eigenvalue weighted by atomic mass is 32.2. The zero-order chi connectivity index (χ0) is 14.8. The minimum absolute atomic E-state index is 0.0801. The maximum absolute atomic E-state index is 13.9. The topological polar surface area (TPSA) is 97.7 Å².